The fraction of sp³-hybridized carbons (Fsp3) is 1.00. The monoisotopic (exact) mass is 288 g/mol. The van der Waals surface area contributed by atoms with E-state index in [9.17, 15) is 8.42 Å². The zero-order valence-electron chi connectivity index (χ0n) is 12.3. The number of nitrogens with one attached hydrogen (secondary N) is 1. The number of hydrogen-bond donors (Lipinski definition) is 1. The molecule has 2 aliphatic heterocycles. The lowest BCUT2D eigenvalue weighted by atomic mass is 9.82. The second kappa shape index (κ2) is 6.10. The molecule has 0 saturated carbocycles. The molecule has 2 rings (SSSR count). The topological polar surface area (TPSA) is 49.4 Å². The molecule has 5 heteroatoms. The molecule has 2 heterocycles. The van der Waals surface area contributed by atoms with Crippen LogP contribution >= 0.6 is 0 Å². The standard InChI is InChI=1S/C14H28N2O2S/c1-3-14(4-2)7-9-16(12-14)19(17,18)11-13-6-5-8-15-10-13/h13,15H,3-12H2,1-2H3. The first kappa shape index (κ1) is 15.3. The van der Waals surface area contributed by atoms with Crippen LogP contribution in [0.4, 0.5) is 0 Å². The van der Waals surface area contributed by atoms with Gasteiger partial charge in [-0.3, -0.25) is 0 Å². The van der Waals surface area contributed by atoms with E-state index in [0.717, 1.165) is 58.3 Å². The van der Waals surface area contributed by atoms with E-state index in [1.807, 2.05) is 0 Å². The van der Waals surface area contributed by atoms with Crippen molar-refractivity contribution in [1.29, 1.82) is 0 Å². The number of nitrogens with zero attached hydrogens (tertiary/aromatic N) is 1. The van der Waals surface area contributed by atoms with Crippen molar-refractivity contribution in [3.05, 3.63) is 0 Å². The molecule has 112 valence electrons. The number of sulfonamides is 1. The molecular formula is C14H28N2O2S. The van der Waals surface area contributed by atoms with Gasteiger partial charge >= 0.3 is 0 Å². The van der Waals surface area contributed by atoms with Gasteiger partial charge in [0.1, 0.15) is 0 Å². The van der Waals surface area contributed by atoms with E-state index < -0.39 is 10.0 Å². The summed E-state index contributed by atoms with van der Waals surface area (Å²) in [6, 6.07) is 0. The van der Waals surface area contributed by atoms with E-state index in [4.69, 9.17) is 0 Å². The van der Waals surface area contributed by atoms with Gasteiger partial charge in [-0.2, -0.15) is 0 Å². The van der Waals surface area contributed by atoms with Crippen LogP contribution in [0.2, 0.25) is 0 Å². The maximum atomic E-state index is 12.5. The maximum absolute atomic E-state index is 12.5. The predicted molar refractivity (Wildman–Crippen MR) is 78.6 cm³/mol. The van der Waals surface area contributed by atoms with Crippen molar-refractivity contribution in [1.82, 2.24) is 9.62 Å². The maximum Gasteiger partial charge on any atom is 0.214 e. The predicted octanol–water partition coefficient (Wildman–Crippen LogP) is 1.83. The Hall–Kier alpha value is -0.130. The minimum Gasteiger partial charge on any atom is -0.316 e. The van der Waals surface area contributed by atoms with Crippen LogP contribution in [0.3, 0.4) is 0 Å². The lowest BCUT2D eigenvalue weighted by Crippen LogP contribution is -2.39. The highest BCUT2D eigenvalue weighted by Gasteiger charge is 2.40. The summed E-state index contributed by atoms with van der Waals surface area (Å²) in [5.41, 5.74) is 0.234. The fourth-order valence-corrected chi connectivity index (χ4v) is 5.36. The van der Waals surface area contributed by atoms with Crippen molar-refractivity contribution in [2.24, 2.45) is 11.3 Å². The first-order chi connectivity index (χ1) is 9.01. The van der Waals surface area contributed by atoms with Gasteiger partial charge in [0.25, 0.3) is 0 Å². The van der Waals surface area contributed by atoms with E-state index >= 15 is 0 Å². The molecule has 2 aliphatic rings. The van der Waals surface area contributed by atoms with Gasteiger partial charge in [0.2, 0.25) is 10.0 Å². The van der Waals surface area contributed by atoms with Crippen LogP contribution in [0.15, 0.2) is 0 Å². The molecule has 4 nitrogen and oxygen atoms in total. The smallest absolute Gasteiger partial charge is 0.214 e. The Morgan fingerprint density at radius 3 is 2.58 bits per heavy atom. The van der Waals surface area contributed by atoms with Gasteiger partial charge < -0.3 is 5.32 Å². The van der Waals surface area contributed by atoms with E-state index in [1.165, 1.54) is 0 Å². The Morgan fingerprint density at radius 2 is 2.05 bits per heavy atom. The van der Waals surface area contributed by atoms with E-state index in [0.29, 0.717) is 11.7 Å². The quantitative estimate of drug-likeness (QED) is 0.839. The van der Waals surface area contributed by atoms with Crippen LogP contribution in [-0.2, 0) is 10.0 Å². The van der Waals surface area contributed by atoms with Crippen LogP contribution in [0.1, 0.15) is 46.0 Å². The van der Waals surface area contributed by atoms with Crippen molar-refractivity contribution in [2.75, 3.05) is 31.9 Å². The van der Waals surface area contributed by atoms with E-state index in [2.05, 4.69) is 19.2 Å². The molecule has 19 heavy (non-hydrogen) atoms. The van der Waals surface area contributed by atoms with Gasteiger partial charge in [-0.1, -0.05) is 13.8 Å². The van der Waals surface area contributed by atoms with Crippen LogP contribution < -0.4 is 5.32 Å². The second-order valence-electron chi connectivity index (χ2n) is 6.28. The molecule has 1 N–H and O–H groups in total. The largest absolute Gasteiger partial charge is 0.316 e. The molecule has 0 aliphatic carbocycles. The van der Waals surface area contributed by atoms with Crippen molar-refractivity contribution in [2.45, 2.75) is 46.0 Å². The van der Waals surface area contributed by atoms with E-state index in [-0.39, 0.29) is 5.41 Å². The van der Waals surface area contributed by atoms with Crippen LogP contribution in [0, 0.1) is 11.3 Å². The summed E-state index contributed by atoms with van der Waals surface area (Å²) >= 11 is 0. The zero-order valence-corrected chi connectivity index (χ0v) is 13.1. The molecule has 0 aromatic heterocycles. The molecular weight excluding hydrogens is 260 g/mol. The summed E-state index contributed by atoms with van der Waals surface area (Å²) in [7, 11) is -3.06. The minimum absolute atomic E-state index is 0.234. The van der Waals surface area contributed by atoms with E-state index in [1.54, 1.807) is 4.31 Å². The lowest BCUT2D eigenvalue weighted by molar-refractivity contribution is 0.279. The SMILES string of the molecule is CCC1(CC)CCN(S(=O)(=O)CC2CCCNC2)C1. The normalized spacial score (nSPS) is 28.6. The molecule has 2 saturated heterocycles. The van der Waals surface area contributed by atoms with Crippen molar-refractivity contribution >= 4 is 10.0 Å². The number of rotatable bonds is 5. The fourth-order valence-electron chi connectivity index (χ4n) is 3.43. The van der Waals surface area contributed by atoms with Gasteiger partial charge in [0.05, 0.1) is 5.75 Å². The third-order valence-electron chi connectivity index (χ3n) is 5.14. The van der Waals surface area contributed by atoms with Gasteiger partial charge in [0.15, 0.2) is 0 Å². The Labute approximate surface area is 118 Å². The second-order valence-corrected chi connectivity index (χ2v) is 8.30. The van der Waals surface area contributed by atoms with Crippen LogP contribution in [0.5, 0.6) is 0 Å². The van der Waals surface area contributed by atoms with Gasteiger partial charge in [-0.25, -0.2) is 12.7 Å². The van der Waals surface area contributed by atoms with Crippen LogP contribution in [-0.4, -0.2) is 44.7 Å². The first-order valence-corrected chi connectivity index (χ1v) is 9.31. The summed E-state index contributed by atoms with van der Waals surface area (Å²) < 4.78 is 26.8. The average Bonchev–Trinajstić information content (AvgIpc) is 2.85. The molecule has 1 unspecified atom stereocenters. The molecule has 0 bridgehead atoms. The summed E-state index contributed by atoms with van der Waals surface area (Å²) in [5.74, 6) is 0.640. The van der Waals surface area contributed by atoms with Crippen molar-refractivity contribution < 1.29 is 8.42 Å². The molecule has 0 aromatic rings. The zero-order chi connectivity index (χ0) is 13.9. The highest BCUT2D eigenvalue weighted by molar-refractivity contribution is 7.89. The van der Waals surface area contributed by atoms with Crippen molar-refractivity contribution in [3.63, 3.8) is 0 Å². The summed E-state index contributed by atoms with van der Waals surface area (Å²) in [4.78, 5) is 0. The third-order valence-corrected chi connectivity index (χ3v) is 7.13. The molecule has 0 radical (unpaired) electrons. The Morgan fingerprint density at radius 1 is 1.32 bits per heavy atom. The summed E-state index contributed by atoms with van der Waals surface area (Å²) in [5, 5.41) is 3.30. The summed E-state index contributed by atoms with van der Waals surface area (Å²) in [6.07, 6.45) is 5.35. The minimum atomic E-state index is -3.06. The Kier molecular flexibility index (Phi) is 4.90. The molecule has 2 fully saturated rings. The molecule has 0 spiro atoms. The van der Waals surface area contributed by atoms with Gasteiger partial charge in [-0.15, -0.1) is 0 Å². The van der Waals surface area contributed by atoms with Crippen LogP contribution in [0.25, 0.3) is 0 Å². The van der Waals surface area contributed by atoms with Gasteiger partial charge in [-0.05, 0) is 56.5 Å². The van der Waals surface area contributed by atoms with Gasteiger partial charge in [0, 0.05) is 13.1 Å². The Bertz CT molecular complexity index is 384. The number of piperidine rings is 1. The molecule has 0 amide bonds. The lowest BCUT2D eigenvalue weighted by Gasteiger charge is -2.28. The molecule has 0 aromatic carbocycles. The highest BCUT2D eigenvalue weighted by atomic mass is 32.2. The van der Waals surface area contributed by atoms with Crippen molar-refractivity contribution in [3.8, 4) is 0 Å². The molecule has 1 atom stereocenters. The Balaban J connectivity index is 1.97. The average molecular weight is 288 g/mol. The highest BCUT2D eigenvalue weighted by Crippen LogP contribution is 2.38. The first-order valence-electron chi connectivity index (χ1n) is 7.70. The summed E-state index contributed by atoms with van der Waals surface area (Å²) in [6.45, 7) is 7.73. The third kappa shape index (κ3) is 3.50. The number of hydrogen-bond acceptors (Lipinski definition) is 3.